The molecule has 1 aromatic heterocycles. The number of aryl methyl sites for hydroxylation is 1. The summed E-state index contributed by atoms with van der Waals surface area (Å²) in [5.74, 6) is -0.922. The predicted octanol–water partition coefficient (Wildman–Crippen LogP) is 3.52. The van der Waals surface area contributed by atoms with E-state index in [1.807, 2.05) is 13.8 Å². The van der Waals surface area contributed by atoms with E-state index in [0.717, 1.165) is 5.56 Å². The van der Waals surface area contributed by atoms with Crippen molar-refractivity contribution in [1.82, 2.24) is 15.3 Å². The molecule has 2 aromatic rings. The first kappa shape index (κ1) is 15.0. The van der Waals surface area contributed by atoms with Crippen molar-refractivity contribution in [2.45, 2.75) is 19.9 Å². The van der Waals surface area contributed by atoms with Gasteiger partial charge in [0.15, 0.2) is 0 Å². The molecule has 20 heavy (non-hydrogen) atoms. The van der Waals surface area contributed by atoms with Gasteiger partial charge in [-0.15, -0.1) is 0 Å². The first-order chi connectivity index (χ1) is 9.54. The first-order valence-electron chi connectivity index (χ1n) is 6.20. The van der Waals surface area contributed by atoms with Crippen molar-refractivity contribution in [3.63, 3.8) is 0 Å². The minimum atomic E-state index is -0.724. The van der Waals surface area contributed by atoms with E-state index in [1.54, 1.807) is 12.4 Å². The lowest BCUT2D eigenvalue weighted by atomic mass is 10.0. The van der Waals surface area contributed by atoms with Crippen molar-refractivity contribution in [3.05, 3.63) is 57.6 Å². The van der Waals surface area contributed by atoms with E-state index in [4.69, 9.17) is 0 Å². The summed E-state index contributed by atoms with van der Waals surface area (Å²) in [6.07, 6.45) is 3.25. The van der Waals surface area contributed by atoms with E-state index in [0.29, 0.717) is 12.4 Å². The zero-order chi connectivity index (χ0) is 14.7. The van der Waals surface area contributed by atoms with E-state index in [2.05, 4.69) is 31.2 Å². The van der Waals surface area contributed by atoms with Crippen LogP contribution in [0, 0.1) is 18.6 Å². The maximum atomic E-state index is 14.2. The summed E-state index contributed by atoms with van der Waals surface area (Å²) in [5.41, 5.74) is 0.810. The number of nitrogens with zero attached hydrogens (tertiary/aromatic N) is 2. The molecule has 0 spiro atoms. The fourth-order valence-electron chi connectivity index (χ4n) is 1.89. The molecule has 1 atom stereocenters. The number of halogens is 3. The standard InChI is InChI=1S/C14H14BrF2N3/c1-3-18-13(14-19-6-8(2)7-20-14)11-10(16)5-4-9(15)12(11)17/h4-7,13,18H,3H2,1-2H3. The third-order valence-electron chi connectivity index (χ3n) is 2.84. The summed E-state index contributed by atoms with van der Waals surface area (Å²) in [4.78, 5) is 8.33. The normalized spacial score (nSPS) is 12.4. The summed E-state index contributed by atoms with van der Waals surface area (Å²) >= 11 is 3.07. The first-order valence-corrected chi connectivity index (χ1v) is 6.99. The van der Waals surface area contributed by atoms with Gasteiger partial charge in [-0.25, -0.2) is 18.7 Å². The molecule has 106 valence electrons. The fraction of sp³-hybridized carbons (Fsp3) is 0.286. The predicted molar refractivity (Wildman–Crippen MR) is 76.3 cm³/mol. The second kappa shape index (κ2) is 6.37. The van der Waals surface area contributed by atoms with Crippen LogP contribution in [-0.4, -0.2) is 16.5 Å². The van der Waals surface area contributed by atoms with Gasteiger partial charge in [-0.3, -0.25) is 0 Å². The van der Waals surface area contributed by atoms with Crippen molar-refractivity contribution < 1.29 is 8.78 Å². The van der Waals surface area contributed by atoms with Gasteiger partial charge in [-0.05, 0) is 47.1 Å². The highest BCUT2D eigenvalue weighted by atomic mass is 79.9. The second-order valence-electron chi connectivity index (χ2n) is 4.37. The highest BCUT2D eigenvalue weighted by molar-refractivity contribution is 9.10. The van der Waals surface area contributed by atoms with Crippen molar-refractivity contribution in [2.24, 2.45) is 0 Å². The third kappa shape index (κ3) is 3.02. The van der Waals surface area contributed by atoms with Crippen molar-refractivity contribution in [1.29, 1.82) is 0 Å². The van der Waals surface area contributed by atoms with E-state index in [-0.39, 0.29) is 10.0 Å². The number of hydrogen-bond acceptors (Lipinski definition) is 3. The maximum absolute atomic E-state index is 14.2. The second-order valence-corrected chi connectivity index (χ2v) is 5.22. The SMILES string of the molecule is CCNC(c1ncc(C)cn1)c1c(F)ccc(Br)c1F. The summed E-state index contributed by atoms with van der Waals surface area (Å²) < 4.78 is 28.4. The van der Waals surface area contributed by atoms with Crippen LogP contribution in [0.15, 0.2) is 29.0 Å². The van der Waals surface area contributed by atoms with Gasteiger partial charge in [-0.2, -0.15) is 0 Å². The van der Waals surface area contributed by atoms with Crippen molar-refractivity contribution in [3.8, 4) is 0 Å². The van der Waals surface area contributed by atoms with Gasteiger partial charge in [0.25, 0.3) is 0 Å². The molecule has 0 aliphatic heterocycles. The van der Waals surface area contributed by atoms with Gasteiger partial charge < -0.3 is 5.32 Å². The highest BCUT2D eigenvalue weighted by Gasteiger charge is 2.25. The lowest BCUT2D eigenvalue weighted by molar-refractivity contribution is 0.496. The number of benzene rings is 1. The van der Waals surface area contributed by atoms with Crippen LogP contribution in [-0.2, 0) is 0 Å². The molecule has 1 N–H and O–H groups in total. The third-order valence-corrected chi connectivity index (χ3v) is 3.45. The van der Waals surface area contributed by atoms with Crippen LogP contribution in [0.5, 0.6) is 0 Å². The summed E-state index contributed by atoms with van der Waals surface area (Å²) in [6, 6.07) is 1.84. The van der Waals surface area contributed by atoms with Crippen molar-refractivity contribution in [2.75, 3.05) is 6.54 Å². The Morgan fingerprint density at radius 1 is 1.25 bits per heavy atom. The smallest absolute Gasteiger partial charge is 0.149 e. The maximum Gasteiger partial charge on any atom is 0.149 e. The monoisotopic (exact) mass is 341 g/mol. The number of rotatable bonds is 4. The topological polar surface area (TPSA) is 37.8 Å². The van der Waals surface area contributed by atoms with Gasteiger partial charge in [0.2, 0.25) is 0 Å². The van der Waals surface area contributed by atoms with Crippen LogP contribution < -0.4 is 5.32 Å². The molecule has 0 bridgehead atoms. The largest absolute Gasteiger partial charge is 0.304 e. The molecule has 3 nitrogen and oxygen atoms in total. The zero-order valence-electron chi connectivity index (χ0n) is 11.1. The quantitative estimate of drug-likeness (QED) is 0.864. The van der Waals surface area contributed by atoms with Gasteiger partial charge >= 0.3 is 0 Å². The van der Waals surface area contributed by atoms with Crippen LogP contribution in [0.4, 0.5) is 8.78 Å². The van der Waals surface area contributed by atoms with Gasteiger partial charge in [-0.1, -0.05) is 6.92 Å². The van der Waals surface area contributed by atoms with Crippen LogP contribution in [0.3, 0.4) is 0 Å². The Morgan fingerprint density at radius 3 is 2.50 bits per heavy atom. The number of aromatic nitrogens is 2. The average molecular weight is 342 g/mol. The van der Waals surface area contributed by atoms with E-state index in [9.17, 15) is 8.78 Å². The molecule has 0 aliphatic rings. The summed E-state index contributed by atoms with van der Waals surface area (Å²) in [6.45, 7) is 4.24. The number of nitrogens with one attached hydrogen (secondary N) is 1. The molecular formula is C14H14BrF2N3. The fourth-order valence-corrected chi connectivity index (χ4v) is 2.23. The minimum Gasteiger partial charge on any atom is -0.304 e. The van der Waals surface area contributed by atoms with Crippen molar-refractivity contribution >= 4 is 15.9 Å². The minimum absolute atomic E-state index is 0.0786. The molecular weight excluding hydrogens is 328 g/mol. The zero-order valence-corrected chi connectivity index (χ0v) is 12.7. The lowest BCUT2D eigenvalue weighted by Crippen LogP contribution is -2.26. The summed E-state index contributed by atoms with van der Waals surface area (Å²) in [7, 11) is 0. The molecule has 0 aliphatic carbocycles. The van der Waals surface area contributed by atoms with E-state index in [1.165, 1.54) is 12.1 Å². The lowest BCUT2D eigenvalue weighted by Gasteiger charge is -2.18. The number of hydrogen-bond donors (Lipinski definition) is 1. The van der Waals surface area contributed by atoms with Gasteiger partial charge in [0.1, 0.15) is 17.5 Å². The molecule has 1 heterocycles. The molecule has 0 fully saturated rings. The molecule has 1 aromatic carbocycles. The molecule has 1 unspecified atom stereocenters. The Morgan fingerprint density at radius 2 is 1.90 bits per heavy atom. The van der Waals surface area contributed by atoms with Gasteiger partial charge in [0.05, 0.1) is 10.5 Å². The van der Waals surface area contributed by atoms with Gasteiger partial charge in [0, 0.05) is 18.0 Å². The molecule has 6 heteroatoms. The van der Waals surface area contributed by atoms with Crippen LogP contribution in [0.2, 0.25) is 0 Å². The Balaban J connectivity index is 2.54. The average Bonchev–Trinajstić information content (AvgIpc) is 2.43. The van der Waals surface area contributed by atoms with Crippen LogP contribution >= 0.6 is 15.9 Å². The van der Waals surface area contributed by atoms with E-state index >= 15 is 0 Å². The molecule has 0 saturated carbocycles. The molecule has 0 radical (unpaired) electrons. The Labute approximate surface area is 124 Å². The van der Waals surface area contributed by atoms with Crippen LogP contribution in [0.1, 0.15) is 29.9 Å². The summed E-state index contributed by atoms with van der Waals surface area (Å²) in [5, 5.41) is 3.02. The molecule has 0 amide bonds. The Kier molecular flexibility index (Phi) is 4.77. The molecule has 2 rings (SSSR count). The van der Waals surface area contributed by atoms with E-state index < -0.39 is 17.7 Å². The highest BCUT2D eigenvalue weighted by Crippen LogP contribution is 2.29. The van der Waals surface area contributed by atoms with Crippen LogP contribution in [0.25, 0.3) is 0 Å². The Bertz CT molecular complexity index is 602. The Hall–Kier alpha value is -1.40. The molecule has 0 saturated heterocycles.